The summed E-state index contributed by atoms with van der Waals surface area (Å²) in [6, 6.07) is 10.9. The van der Waals surface area contributed by atoms with E-state index >= 15 is 0 Å². The first-order chi connectivity index (χ1) is 10.0. The molecule has 2 aliphatic rings. The third-order valence-electron chi connectivity index (χ3n) is 3.67. The number of carbonyl (C=O) groups is 2. The molecule has 1 amide bonds. The molecule has 0 aromatic heterocycles. The van der Waals surface area contributed by atoms with Crippen LogP contribution in [0.1, 0.15) is 26.3 Å². The smallest absolute Gasteiger partial charge is 0.344 e. The van der Waals surface area contributed by atoms with Gasteiger partial charge in [-0.1, -0.05) is 23.7 Å². The normalized spacial score (nSPS) is 22.5. The second-order valence-electron chi connectivity index (χ2n) is 4.85. The highest BCUT2D eigenvalue weighted by Crippen LogP contribution is 2.46. The lowest BCUT2D eigenvalue weighted by Crippen LogP contribution is -2.51. The molecule has 104 valence electrons. The van der Waals surface area contributed by atoms with E-state index < -0.39 is 17.8 Å². The molecule has 0 saturated heterocycles. The van der Waals surface area contributed by atoms with Gasteiger partial charge in [-0.3, -0.25) is 4.79 Å². The number of ether oxygens (including phenoxy) is 1. The van der Waals surface area contributed by atoms with Crippen LogP contribution in [0, 0.1) is 0 Å². The summed E-state index contributed by atoms with van der Waals surface area (Å²) in [6.45, 7) is 0. The molecule has 1 unspecified atom stereocenters. The van der Waals surface area contributed by atoms with Crippen molar-refractivity contribution in [2.75, 3.05) is 4.90 Å². The van der Waals surface area contributed by atoms with Crippen molar-refractivity contribution in [2.45, 2.75) is 5.91 Å². The van der Waals surface area contributed by atoms with E-state index in [1.165, 1.54) is 18.2 Å². The summed E-state index contributed by atoms with van der Waals surface area (Å²) in [5, 5.41) is 11.1. The average Bonchev–Trinajstić information content (AvgIpc) is 2.68. The minimum Gasteiger partial charge on any atom is -0.405 e. The number of rotatable bonds is 0. The second kappa shape index (κ2) is 3.84. The van der Waals surface area contributed by atoms with Crippen molar-refractivity contribution in [1.82, 2.24) is 0 Å². The Balaban J connectivity index is 2.04. The zero-order valence-corrected chi connectivity index (χ0v) is 11.3. The van der Waals surface area contributed by atoms with Crippen molar-refractivity contribution >= 4 is 29.2 Å². The number of fused-ring (bicyclic) bond motifs is 5. The van der Waals surface area contributed by atoms with Gasteiger partial charge in [-0.25, -0.2) is 9.69 Å². The van der Waals surface area contributed by atoms with Gasteiger partial charge in [-0.05, 0) is 30.3 Å². The van der Waals surface area contributed by atoms with E-state index in [0.717, 1.165) is 4.90 Å². The van der Waals surface area contributed by atoms with Gasteiger partial charge in [0, 0.05) is 5.02 Å². The highest BCUT2D eigenvalue weighted by molar-refractivity contribution is 6.31. The Morgan fingerprint density at radius 1 is 1.10 bits per heavy atom. The second-order valence-corrected chi connectivity index (χ2v) is 5.28. The number of amides is 1. The van der Waals surface area contributed by atoms with E-state index in [1.807, 2.05) is 0 Å². The number of halogens is 1. The molecule has 5 nitrogen and oxygen atoms in total. The topological polar surface area (TPSA) is 66.8 Å². The van der Waals surface area contributed by atoms with Crippen LogP contribution in [0.5, 0.6) is 0 Å². The van der Waals surface area contributed by atoms with Crippen LogP contribution >= 0.6 is 11.6 Å². The predicted octanol–water partition coefficient (Wildman–Crippen LogP) is 2.27. The van der Waals surface area contributed by atoms with Crippen LogP contribution in [0.2, 0.25) is 5.02 Å². The summed E-state index contributed by atoms with van der Waals surface area (Å²) in [4.78, 5) is 25.7. The Labute approximate surface area is 124 Å². The van der Waals surface area contributed by atoms with Gasteiger partial charge in [0.1, 0.15) is 0 Å². The Hall–Kier alpha value is -2.37. The van der Waals surface area contributed by atoms with Crippen LogP contribution in [-0.4, -0.2) is 17.0 Å². The number of aliphatic hydroxyl groups is 1. The van der Waals surface area contributed by atoms with Gasteiger partial charge in [-0.2, -0.15) is 0 Å². The number of nitrogens with zero attached hydrogens (tertiary/aromatic N) is 1. The number of esters is 1. The molecule has 0 bridgehead atoms. The quantitative estimate of drug-likeness (QED) is 0.758. The molecule has 0 spiro atoms. The Morgan fingerprint density at radius 3 is 2.67 bits per heavy atom. The maximum atomic E-state index is 12.5. The van der Waals surface area contributed by atoms with Gasteiger partial charge in [0.25, 0.3) is 5.91 Å². The zero-order valence-electron chi connectivity index (χ0n) is 10.5. The number of benzene rings is 2. The predicted molar refractivity (Wildman–Crippen MR) is 74.0 cm³/mol. The first-order valence-electron chi connectivity index (χ1n) is 6.22. The summed E-state index contributed by atoms with van der Waals surface area (Å²) in [5.74, 6) is -3.27. The fraction of sp³-hybridized carbons (Fsp3) is 0.0667. The molecule has 1 N–H and O–H groups in total. The van der Waals surface area contributed by atoms with Gasteiger partial charge in [0.15, 0.2) is 0 Å². The monoisotopic (exact) mass is 301 g/mol. The molecule has 2 aromatic carbocycles. The lowest BCUT2D eigenvalue weighted by molar-refractivity contribution is -0.167. The molecule has 0 aliphatic carbocycles. The third kappa shape index (κ3) is 1.44. The Morgan fingerprint density at radius 2 is 1.86 bits per heavy atom. The van der Waals surface area contributed by atoms with Gasteiger partial charge >= 0.3 is 11.9 Å². The number of carbonyl (C=O) groups excluding carboxylic acids is 2. The molecular weight excluding hydrogens is 294 g/mol. The van der Waals surface area contributed by atoms with Gasteiger partial charge in [-0.15, -0.1) is 0 Å². The molecule has 0 fully saturated rings. The highest BCUT2D eigenvalue weighted by Gasteiger charge is 2.56. The van der Waals surface area contributed by atoms with E-state index in [2.05, 4.69) is 0 Å². The zero-order chi connectivity index (χ0) is 14.8. The van der Waals surface area contributed by atoms with E-state index in [-0.39, 0.29) is 16.8 Å². The van der Waals surface area contributed by atoms with Crippen molar-refractivity contribution in [3.05, 3.63) is 64.2 Å². The van der Waals surface area contributed by atoms with E-state index in [9.17, 15) is 14.7 Å². The number of hydrogen-bond acceptors (Lipinski definition) is 4. The van der Waals surface area contributed by atoms with Crippen molar-refractivity contribution in [3.8, 4) is 0 Å². The molecule has 21 heavy (non-hydrogen) atoms. The summed E-state index contributed by atoms with van der Waals surface area (Å²) in [5.41, 5.74) is 0.960. The molecule has 2 heterocycles. The van der Waals surface area contributed by atoms with Crippen molar-refractivity contribution in [1.29, 1.82) is 0 Å². The molecule has 0 radical (unpaired) electrons. The standard InChI is InChI=1S/C15H8ClNO4/c16-8-5-6-10-12(7-8)17-13(18)9-3-1-2-4-11(9)15(17,20)21-14(10)19/h1-7,20H. The Bertz CT molecular complexity index is 819. The SMILES string of the molecule is O=C1OC2(O)c3ccccc3C(=O)N2c2cc(Cl)ccc21. The molecular formula is C15H8ClNO4. The summed E-state index contributed by atoms with van der Waals surface area (Å²) >= 11 is 5.95. The van der Waals surface area contributed by atoms with Crippen LogP contribution < -0.4 is 4.90 Å². The van der Waals surface area contributed by atoms with E-state index in [4.69, 9.17) is 16.3 Å². The maximum absolute atomic E-state index is 12.5. The lowest BCUT2D eigenvalue weighted by Gasteiger charge is -2.37. The van der Waals surface area contributed by atoms with E-state index in [1.54, 1.807) is 24.3 Å². The fourth-order valence-corrected chi connectivity index (χ4v) is 2.92. The number of hydrogen-bond donors (Lipinski definition) is 1. The molecule has 4 rings (SSSR count). The molecule has 2 aromatic rings. The molecule has 0 saturated carbocycles. The minimum atomic E-state index is -2.12. The van der Waals surface area contributed by atoms with Crippen molar-refractivity contribution in [3.63, 3.8) is 0 Å². The first-order valence-corrected chi connectivity index (χ1v) is 6.59. The average molecular weight is 302 g/mol. The Kier molecular flexibility index (Phi) is 2.26. The molecule has 1 atom stereocenters. The number of anilines is 1. The summed E-state index contributed by atoms with van der Waals surface area (Å²) < 4.78 is 5.14. The van der Waals surface area contributed by atoms with Gasteiger partial charge < -0.3 is 9.84 Å². The third-order valence-corrected chi connectivity index (χ3v) is 3.91. The molecule has 6 heteroatoms. The maximum Gasteiger partial charge on any atom is 0.344 e. The molecule has 2 aliphatic heterocycles. The van der Waals surface area contributed by atoms with Crippen LogP contribution in [-0.2, 0) is 10.6 Å². The highest BCUT2D eigenvalue weighted by atomic mass is 35.5. The summed E-state index contributed by atoms with van der Waals surface area (Å²) in [6.07, 6.45) is 0. The van der Waals surface area contributed by atoms with Gasteiger partial charge in [0.2, 0.25) is 0 Å². The van der Waals surface area contributed by atoms with Crippen LogP contribution in [0.15, 0.2) is 42.5 Å². The van der Waals surface area contributed by atoms with Crippen molar-refractivity contribution < 1.29 is 19.4 Å². The van der Waals surface area contributed by atoms with Crippen LogP contribution in [0.25, 0.3) is 0 Å². The first kappa shape index (κ1) is 12.4. The summed E-state index contributed by atoms with van der Waals surface area (Å²) in [7, 11) is 0. The van der Waals surface area contributed by atoms with Crippen molar-refractivity contribution in [2.24, 2.45) is 0 Å². The van der Waals surface area contributed by atoms with Crippen LogP contribution in [0.4, 0.5) is 5.69 Å². The van der Waals surface area contributed by atoms with Crippen LogP contribution in [0.3, 0.4) is 0 Å². The van der Waals surface area contributed by atoms with E-state index in [0.29, 0.717) is 10.6 Å². The largest absolute Gasteiger partial charge is 0.405 e. The lowest BCUT2D eigenvalue weighted by atomic mass is 10.1. The fourth-order valence-electron chi connectivity index (χ4n) is 2.75. The van der Waals surface area contributed by atoms with Gasteiger partial charge in [0.05, 0.1) is 22.4 Å². The minimum absolute atomic E-state index is 0.185.